The summed E-state index contributed by atoms with van der Waals surface area (Å²) < 4.78 is 30.0. The van der Waals surface area contributed by atoms with Crippen LogP contribution < -0.4 is 4.90 Å². The van der Waals surface area contributed by atoms with E-state index in [1.165, 1.54) is 12.1 Å². The summed E-state index contributed by atoms with van der Waals surface area (Å²) in [6.45, 7) is 10.5. The van der Waals surface area contributed by atoms with Crippen molar-refractivity contribution in [1.29, 1.82) is 0 Å². The Morgan fingerprint density at radius 1 is 1.24 bits per heavy atom. The molecule has 9 heteroatoms. The number of rotatable bonds is 6. The maximum atomic E-state index is 14.2. The van der Waals surface area contributed by atoms with Crippen molar-refractivity contribution < 1.29 is 13.6 Å². The molecule has 0 unspecified atom stereocenters. The molecule has 1 fully saturated rings. The predicted octanol–water partition coefficient (Wildman–Crippen LogP) is 5.43. The lowest BCUT2D eigenvalue weighted by atomic mass is 10.1. The van der Waals surface area contributed by atoms with Gasteiger partial charge >= 0.3 is 0 Å². The molecule has 3 aromatic rings. The Balaban J connectivity index is 1.87. The van der Waals surface area contributed by atoms with Crippen molar-refractivity contribution in [2.24, 2.45) is 5.92 Å². The van der Waals surface area contributed by atoms with E-state index in [1.54, 1.807) is 16.6 Å². The summed E-state index contributed by atoms with van der Waals surface area (Å²) in [5, 5.41) is 4.05. The fraction of sp³-hybridized carbons (Fsp3) is 0.458. The largest absolute Gasteiger partial charge is 0.354 e. The number of likely N-dealkylation sites (tertiary alicyclic amines) is 1. The van der Waals surface area contributed by atoms with Crippen molar-refractivity contribution in [1.82, 2.24) is 19.5 Å². The number of benzene rings is 1. The minimum absolute atomic E-state index is 0.130. The number of halogens is 3. The molecule has 0 saturated carbocycles. The van der Waals surface area contributed by atoms with Crippen LogP contribution in [-0.2, 0) is 0 Å². The Hall–Kier alpha value is -2.74. The van der Waals surface area contributed by atoms with Gasteiger partial charge in [-0.05, 0) is 44.7 Å². The van der Waals surface area contributed by atoms with Crippen LogP contribution in [0.1, 0.15) is 51.0 Å². The summed E-state index contributed by atoms with van der Waals surface area (Å²) in [6, 6.07) is 5.86. The molecule has 0 N–H and O–H groups in total. The first-order valence-electron chi connectivity index (χ1n) is 11.3. The monoisotopic (exact) mass is 475 g/mol. The Morgan fingerprint density at radius 3 is 2.52 bits per heavy atom. The molecule has 1 aliphatic rings. The van der Waals surface area contributed by atoms with E-state index >= 15 is 0 Å². The van der Waals surface area contributed by atoms with Gasteiger partial charge in [-0.15, -0.1) is 0 Å². The van der Waals surface area contributed by atoms with Crippen molar-refractivity contribution in [3.05, 3.63) is 46.6 Å². The lowest BCUT2D eigenvalue weighted by Crippen LogP contribution is -2.33. The molecule has 0 aliphatic carbocycles. The summed E-state index contributed by atoms with van der Waals surface area (Å²) in [5.41, 5.74) is 1.39. The average Bonchev–Trinajstić information content (AvgIpc) is 3.40. The molecular formula is C24H28ClF2N5O. The number of carbonyl (C=O) groups excluding carboxylic acids is 1. The van der Waals surface area contributed by atoms with Crippen molar-refractivity contribution in [3.63, 3.8) is 0 Å². The molecule has 1 atom stereocenters. The number of hydrogen-bond donors (Lipinski definition) is 0. The molecule has 3 heterocycles. The number of aromatic nitrogens is 3. The Morgan fingerprint density at radius 2 is 1.94 bits per heavy atom. The summed E-state index contributed by atoms with van der Waals surface area (Å²) in [7, 11) is 0. The van der Waals surface area contributed by atoms with E-state index in [0.29, 0.717) is 41.9 Å². The zero-order chi connectivity index (χ0) is 23.9. The number of nitrogens with zero attached hydrogens (tertiary/aromatic N) is 5. The predicted molar refractivity (Wildman–Crippen MR) is 126 cm³/mol. The standard InChI is InChI=1S/C24H28ClF2N5O/c1-5-7-31(14(2)3)22-12-19(16-9-17(26)23(25)18(27)10-16)28-21-11-20(29-32(21)22)24(33)30-8-6-15(4)13-30/h9-12,14-15H,5-8,13H2,1-4H3/t15-/m0/s1. The van der Waals surface area contributed by atoms with E-state index in [-0.39, 0.29) is 17.5 Å². The third kappa shape index (κ3) is 4.53. The second kappa shape index (κ2) is 9.25. The van der Waals surface area contributed by atoms with Crippen LogP contribution in [-0.4, -0.2) is 51.1 Å². The Bertz CT molecular complexity index is 1170. The summed E-state index contributed by atoms with van der Waals surface area (Å²) in [4.78, 5) is 21.6. The minimum atomic E-state index is -0.850. The SMILES string of the molecule is CCCN(c1cc(-c2cc(F)c(Cl)c(F)c2)nc2cc(C(=O)N3CC[C@H](C)C3)nn12)C(C)C. The van der Waals surface area contributed by atoms with Crippen molar-refractivity contribution in [2.75, 3.05) is 24.5 Å². The molecule has 0 spiro atoms. The molecule has 0 radical (unpaired) electrons. The van der Waals surface area contributed by atoms with Gasteiger partial charge in [0.05, 0.1) is 5.69 Å². The van der Waals surface area contributed by atoms with Crippen LogP contribution in [0.25, 0.3) is 16.9 Å². The fourth-order valence-electron chi connectivity index (χ4n) is 4.28. The van der Waals surface area contributed by atoms with Crippen LogP contribution in [0.15, 0.2) is 24.3 Å². The van der Waals surface area contributed by atoms with Gasteiger partial charge < -0.3 is 9.80 Å². The van der Waals surface area contributed by atoms with Gasteiger partial charge in [-0.2, -0.15) is 9.61 Å². The maximum Gasteiger partial charge on any atom is 0.274 e. The molecule has 176 valence electrons. The van der Waals surface area contributed by atoms with Gasteiger partial charge in [0.15, 0.2) is 11.3 Å². The van der Waals surface area contributed by atoms with Crippen LogP contribution in [0, 0.1) is 17.6 Å². The highest BCUT2D eigenvalue weighted by Crippen LogP contribution is 2.30. The van der Waals surface area contributed by atoms with E-state index in [4.69, 9.17) is 11.6 Å². The lowest BCUT2D eigenvalue weighted by Gasteiger charge is -2.29. The van der Waals surface area contributed by atoms with Crippen molar-refractivity contribution >= 4 is 29.0 Å². The molecule has 0 bridgehead atoms. The third-order valence-electron chi connectivity index (χ3n) is 6.00. The second-order valence-corrected chi connectivity index (χ2v) is 9.36. The zero-order valence-electron chi connectivity index (χ0n) is 19.3. The van der Waals surface area contributed by atoms with E-state index < -0.39 is 16.7 Å². The first-order chi connectivity index (χ1) is 15.7. The molecular weight excluding hydrogens is 448 g/mol. The summed E-state index contributed by atoms with van der Waals surface area (Å²) in [5.74, 6) is -0.667. The van der Waals surface area contributed by atoms with E-state index in [1.807, 2.05) is 4.90 Å². The number of amides is 1. The first kappa shape index (κ1) is 23.4. The molecule has 4 rings (SSSR count). The molecule has 1 amide bonds. The fourth-order valence-corrected chi connectivity index (χ4v) is 4.39. The highest BCUT2D eigenvalue weighted by molar-refractivity contribution is 6.31. The van der Waals surface area contributed by atoms with Gasteiger partial charge in [0.25, 0.3) is 5.91 Å². The van der Waals surface area contributed by atoms with E-state index in [0.717, 1.165) is 19.4 Å². The van der Waals surface area contributed by atoms with Gasteiger partial charge in [0, 0.05) is 43.4 Å². The summed E-state index contributed by atoms with van der Waals surface area (Å²) in [6.07, 6.45) is 1.86. The first-order valence-corrected chi connectivity index (χ1v) is 11.7. The van der Waals surface area contributed by atoms with Crippen molar-refractivity contribution in [2.45, 2.75) is 46.6 Å². The minimum Gasteiger partial charge on any atom is -0.354 e. The second-order valence-electron chi connectivity index (χ2n) is 8.99. The van der Waals surface area contributed by atoms with E-state index in [2.05, 4.69) is 42.7 Å². The Labute approximate surface area is 197 Å². The smallest absolute Gasteiger partial charge is 0.274 e. The molecule has 1 aliphatic heterocycles. The highest BCUT2D eigenvalue weighted by Gasteiger charge is 2.27. The molecule has 6 nitrogen and oxygen atoms in total. The number of hydrogen-bond acceptors (Lipinski definition) is 4. The van der Waals surface area contributed by atoms with Gasteiger partial charge in [0.2, 0.25) is 0 Å². The lowest BCUT2D eigenvalue weighted by molar-refractivity contribution is 0.0782. The van der Waals surface area contributed by atoms with E-state index in [9.17, 15) is 13.6 Å². The normalized spacial score (nSPS) is 16.2. The number of carbonyl (C=O) groups is 1. The molecule has 33 heavy (non-hydrogen) atoms. The van der Waals surface area contributed by atoms with Crippen LogP contribution in [0.3, 0.4) is 0 Å². The van der Waals surface area contributed by atoms with Gasteiger partial charge in [-0.25, -0.2) is 13.8 Å². The molecule has 1 aromatic carbocycles. The van der Waals surface area contributed by atoms with Gasteiger partial charge in [-0.1, -0.05) is 25.4 Å². The highest BCUT2D eigenvalue weighted by atomic mass is 35.5. The van der Waals surface area contributed by atoms with Crippen LogP contribution >= 0.6 is 11.6 Å². The topological polar surface area (TPSA) is 53.7 Å². The van der Waals surface area contributed by atoms with Crippen LogP contribution in [0.2, 0.25) is 5.02 Å². The van der Waals surface area contributed by atoms with Gasteiger partial charge in [-0.3, -0.25) is 4.79 Å². The average molecular weight is 476 g/mol. The van der Waals surface area contributed by atoms with Crippen LogP contribution in [0.4, 0.5) is 14.6 Å². The molecule has 2 aromatic heterocycles. The quantitative estimate of drug-likeness (QED) is 0.446. The number of anilines is 1. The molecule has 1 saturated heterocycles. The zero-order valence-corrected chi connectivity index (χ0v) is 20.0. The number of fused-ring (bicyclic) bond motifs is 1. The van der Waals surface area contributed by atoms with Crippen LogP contribution in [0.5, 0.6) is 0 Å². The third-order valence-corrected chi connectivity index (χ3v) is 6.36. The van der Waals surface area contributed by atoms with Crippen molar-refractivity contribution in [3.8, 4) is 11.3 Å². The Kier molecular flexibility index (Phi) is 6.56. The maximum absolute atomic E-state index is 14.2. The van der Waals surface area contributed by atoms with Gasteiger partial charge in [0.1, 0.15) is 22.5 Å². The summed E-state index contributed by atoms with van der Waals surface area (Å²) >= 11 is 5.67.